The number of alkyl carbamates (subject to hydrolysis) is 1. The van der Waals surface area contributed by atoms with Gasteiger partial charge >= 0.3 is 12.1 Å². The summed E-state index contributed by atoms with van der Waals surface area (Å²) in [5.74, 6) is -1.15. The molecule has 3 N–H and O–H groups in total. The van der Waals surface area contributed by atoms with Crippen LogP contribution in [0, 0.1) is 0 Å². The number of nitrogens with one attached hydrogen (secondary N) is 1. The number of ether oxygens (including phenoxy) is 1. The van der Waals surface area contributed by atoms with Crippen LogP contribution in [0.15, 0.2) is 29.2 Å². The van der Waals surface area contributed by atoms with Crippen LogP contribution < -0.4 is 5.32 Å². The number of hydrogen-bond acceptors (Lipinski definition) is 5. The summed E-state index contributed by atoms with van der Waals surface area (Å²) in [5.41, 5.74) is -0.377. The molecule has 1 aromatic rings. The van der Waals surface area contributed by atoms with Crippen molar-refractivity contribution in [3.05, 3.63) is 29.8 Å². The summed E-state index contributed by atoms with van der Waals surface area (Å²) in [6.45, 7) is 9.00. The lowest BCUT2D eigenvalue weighted by Crippen LogP contribution is -2.35. The Balaban J connectivity index is 0.00000277. The smallest absolute Gasteiger partial charge is 0.408 e. The predicted molar refractivity (Wildman–Crippen MR) is 92.0 cm³/mol. The van der Waals surface area contributed by atoms with Crippen molar-refractivity contribution in [2.75, 3.05) is 0 Å². The van der Waals surface area contributed by atoms with Crippen LogP contribution in [0.5, 0.6) is 0 Å². The van der Waals surface area contributed by atoms with E-state index in [2.05, 4.69) is 5.32 Å². The van der Waals surface area contributed by atoms with Crippen molar-refractivity contribution in [3.63, 3.8) is 0 Å². The van der Waals surface area contributed by atoms with Gasteiger partial charge in [-0.3, -0.25) is 9.35 Å². The number of aliphatic carboxylic acids is 1. The number of carbonyl (C=O) groups is 2. The Hall–Kier alpha value is -2.13. The van der Waals surface area contributed by atoms with E-state index < -0.39 is 40.2 Å². The van der Waals surface area contributed by atoms with Gasteiger partial charge in [0.1, 0.15) is 5.60 Å². The molecule has 1 amide bonds. The molecule has 1 atom stereocenters. The number of benzene rings is 1. The number of hydrogen-bond donors (Lipinski definition) is 3. The molecule has 0 spiro atoms. The number of amides is 1. The highest BCUT2D eigenvalue weighted by atomic mass is 32.2. The lowest BCUT2D eigenvalue weighted by molar-refractivity contribution is -0.137. The molecule has 0 heterocycles. The van der Waals surface area contributed by atoms with Crippen LogP contribution in [0.4, 0.5) is 4.79 Å². The second-order valence-electron chi connectivity index (χ2n) is 5.84. The first kappa shape index (κ1) is 22.9. The molecular weight excluding hydrogens is 350 g/mol. The summed E-state index contributed by atoms with van der Waals surface area (Å²) in [7, 11) is -4.34. The standard InChI is InChI=1S/C14H19NO7S.C2H6/c1-14(2,3)22-13(18)15-11(8-12(16)17)9-4-6-10(7-5-9)23(19,20)21;1-2/h4-7,11H,8H2,1-3H3,(H,15,18)(H,16,17)(H,19,20,21);1-2H3. The topological polar surface area (TPSA) is 130 Å². The fourth-order valence-electron chi connectivity index (χ4n) is 1.75. The van der Waals surface area contributed by atoms with Gasteiger partial charge in [0, 0.05) is 0 Å². The van der Waals surface area contributed by atoms with Gasteiger partial charge in [-0.25, -0.2) is 4.79 Å². The lowest BCUT2D eigenvalue weighted by Gasteiger charge is -2.23. The normalized spacial score (nSPS) is 12.4. The van der Waals surface area contributed by atoms with Gasteiger partial charge in [-0.15, -0.1) is 0 Å². The van der Waals surface area contributed by atoms with Gasteiger partial charge in [0.05, 0.1) is 17.4 Å². The maximum atomic E-state index is 11.8. The van der Waals surface area contributed by atoms with Crippen molar-refractivity contribution in [1.82, 2.24) is 5.32 Å². The van der Waals surface area contributed by atoms with E-state index in [1.165, 1.54) is 12.1 Å². The largest absolute Gasteiger partial charge is 0.481 e. The van der Waals surface area contributed by atoms with Gasteiger partial charge in [0.2, 0.25) is 0 Å². The first-order chi connectivity index (χ1) is 11.4. The van der Waals surface area contributed by atoms with Crippen LogP contribution in [0.3, 0.4) is 0 Å². The van der Waals surface area contributed by atoms with E-state index in [9.17, 15) is 18.0 Å². The van der Waals surface area contributed by atoms with Gasteiger partial charge < -0.3 is 15.2 Å². The first-order valence-electron chi connectivity index (χ1n) is 7.67. The number of rotatable bonds is 5. The quantitative estimate of drug-likeness (QED) is 0.674. The van der Waals surface area contributed by atoms with Gasteiger partial charge in [-0.2, -0.15) is 8.42 Å². The molecule has 0 bridgehead atoms. The minimum Gasteiger partial charge on any atom is -0.481 e. The second kappa shape index (κ2) is 9.38. The summed E-state index contributed by atoms with van der Waals surface area (Å²) in [5, 5.41) is 11.4. The lowest BCUT2D eigenvalue weighted by atomic mass is 10.0. The van der Waals surface area contributed by atoms with Gasteiger partial charge in [-0.1, -0.05) is 26.0 Å². The van der Waals surface area contributed by atoms with Crippen molar-refractivity contribution in [3.8, 4) is 0 Å². The van der Waals surface area contributed by atoms with Crippen LogP contribution in [0.2, 0.25) is 0 Å². The van der Waals surface area contributed by atoms with E-state index in [1.807, 2.05) is 13.8 Å². The average Bonchev–Trinajstić information content (AvgIpc) is 2.45. The molecule has 0 fully saturated rings. The third-order valence-corrected chi connectivity index (χ3v) is 3.52. The monoisotopic (exact) mass is 375 g/mol. The van der Waals surface area contributed by atoms with Crippen LogP contribution in [0.1, 0.15) is 52.6 Å². The van der Waals surface area contributed by atoms with Crippen LogP contribution in [-0.2, 0) is 19.6 Å². The Morgan fingerprint density at radius 1 is 1.16 bits per heavy atom. The highest BCUT2D eigenvalue weighted by Crippen LogP contribution is 2.20. The molecule has 1 unspecified atom stereocenters. The molecule has 0 saturated carbocycles. The average molecular weight is 375 g/mol. The summed E-state index contributed by atoms with van der Waals surface area (Å²) in [4.78, 5) is 22.4. The Morgan fingerprint density at radius 2 is 1.64 bits per heavy atom. The molecule has 0 aliphatic heterocycles. The number of carboxylic acids is 1. The van der Waals surface area contributed by atoms with Crippen LogP contribution in [-0.4, -0.2) is 35.7 Å². The Kier molecular flexibility index (Phi) is 8.58. The summed E-state index contributed by atoms with van der Waals surface area (Å²) in [6, 6.07) is 3.96. The molecule has 0 radical (unpaired) electrons. The summed E-state index contributed by atoms with van der Waals surface area (Å²) < 4.78 is 36.0. The molecule has 0 aliphatic carbocycles. The second-order valence-corrected chi connectivity index (χ2v) is 7.26. The van der Waals surface area contributed by atoms with Crippen molar-refractivity contribution in [1.29, 1.82) is 0 Å². The SMILES string of the molecule is CC.CC(C)(C)OC(=O)NC(CC(=O)O)c1ccc(S(=O)(=O)O)cc1. The van der Waals surface area contributed by atoms with E-state index in [0.717, 1.165) is 12.1 Å². The molecule has 25 heavy (non-hydrogen) atoms. The molecule has 1 rings (SSSR count). The highest BCUT2D eigenvalue weighted by molar-refractivity contribution is 7.85. The molecular formula is C16H25NO7S. The fraction of sp³-hybridized carbons (Fsp3) is 0.500. The van der Waals surface area contributed by atoms with E-state index in [1.54, 1.807) is 20.8 Å². The fourth-order valence-corrected chi connectivity index (χ4v) is 2.23. The van der Waals surface area contributed by atoms with Crippen LogP contribution in [0.25, 0.3) is 0 Å². The summed E-state index contributed by atoms with van der Waals surface area (Å²) in [6.07, 6.45) is -1.20. The molecule has 1 aromatic carbocycles. The van der Waals surface area contributed by atoms with Gasteiger partial charge in [0.15, 0.2) is 0 Å². The molecule has 9 heteroatoms. The minimum absolute atomic E-state index is 0.326. The third kappa shape index (κ3) is 9.06. The maximum Gasteiger partial charge on any atom is 0.408 e. The molecule has 0 saturated heterocycles. The number of carboxylic acid groups (broad SMARTS) is 1. The minimum atomic E-state index is -4.34. The third-order valence-electron chi connectivity index (χ3n) is 2.65. The van der Waals surface area contributed by atoms with Crippen molar-refractivity contribution < 1.29 is 32.4 Å². The Morgan fingerprint density at radius 3 is 2.00 bits per heavy atom. The van der Waals surface area contributed by atoms with Gasteiger partial charge in [0.25, 0.3) is 10.1 Å². The zero-order valence-corrected chi connectivity index (χ0v) is 15.8. The zero-order valence-electron chi connectivity index (χ0n) is 14.9. The molecule has 142 valence electrons. The highest BCUT2D eigenvalue weighted by Gasteiger charge is 2.23. The zero-order chi connectivity index (χ0) is 19.8. The Bertz CT molecular complexity index is 675. The van der Waals surface area contributed by atoms with Crippen molar-refractivity contribution in [2.45, 2.75) is 57.6 Å². The van der Waals surface area contributed by atoms with E-state index in [-0.39, 0.29) is 4.90 Å². The predicted octanol–water partition coefficient (Wildman–Crippen LogP) is 3.00. The number of carbonyl (C=O) groups excluding carboxylic acids is 1. The maximum absolute atomic E-state index is 11.8. The molecule has 8 nitrogen and oxygen atoms in total. The Labute approximate surface area is 147 Å². The van der Waals surface area contributed by atoms with E-state index in [4.69, 9.17) is 14.4 Å². The van der Waals surface area contributed by atoms with Crippen molar-refractivity contribution >= 4 is 22.2 Å². The van der Waals surface area contributed by atoms with E-state index >= 15 is 0 Å². The van der Waals surface area contributed by atoms with Gasteiger partial charge in [-0.05, 0) is 38.5 Å². The summed E-state index contributed by atoms with van der Waals surface area (Å²) >= 11 is 0. The van der Waals surface area contributed by atoms with E-state index in [0.29, 0.717) is 5.56 Å². The first-order valence-corrected chi connectivity index (χ1v) is 9.11. The molecule has 0 aromatic heterocycles. The van der Waals surface area contributed by atoms with Crippen LogP contribution >= 0.6 is 0 Å². The molecule has 0 aliphatic rings. The van der Waals surface area contributed by atoms with Crippen molar-refractivity contribution in [2.24, 2.45) is 0 Å².